The van der Waals surface area contributed by atoms with Crippen molar-refractivity contribution in [2.75, 3.05) is 0 Å². The second-order valence-electron chi connectivity index (χ2n) is 1.28. The highest BCUT2D eigenvalue weighted by Crippen LogP contribution is 1.56. The van der Waals surface area contributed by atoms with Gasteiger partial charge in [0.1, 0.15) is 6.29 Å². The fourth-order valence-corrected chi connectivity index (χ4v) is 0. The van der Waals surface area contributed by atoms with E-state index < -0.39 is 0 Å². The first-order valence-corrected chi connectivity index (χ1v) is 2.77. The van der Waals surface area contributed by atoms with Crippen molar-refractivity contribution in [2.24, 2.45) is 0 Å². The molecule has 0 fully saturated rings. The maximum atomic E-state index is 9.17. The minimum atomic E-state index is 0. The lowest BCUT2D eigenvalue weighted by atomic mass is 10.6. The van der Waals surface area contributed by atoms with E-state index in [0.29, 0.717) is 6.42 Å². The highest BCUT2D eigenvalue weighted by atomic mass is 16.1. The average molecular weight is 118 g/mol. The first kappa shape index (κ1) is 15.6. The van der Waals surface area contributed by atoms with Crippen molar-refractivity contribution in [3.8, 4) is 0 Å². The molecule has 0 rings (SSSR count). The van der Waals surface area contributed by atoms with Crippen LogP contribution in [0.25, 0.3) is 0 Å². The molecule has 0 unspecified atom stereocenters. The predicted molar refractivity (Wildman–Crippen MR) is 39.1 cm³/mol. The maximum Gasteiger partial charge on any atom is 0.119 e. The molecule has 0 radical (unpaired) electrons. The van der Waals surface area contributed by atoms with E-state index in [9.17, 15) is 4.79 Å². The van der Waals surface area contributed by atoms with E-state index in [1.54, 1.807) is 0 Å². The Kier molecular flexibility index (Phi) is 58.8. The molecule has 0 N–H and O–H groups in total. The fourth-order valence-electron chi connectivity index (χ4n) is 0. The normalized spacial score (nSPS) is 5.38. The van der Waals surface area contributed by atoms with Gasteiger partial charge in [-0.1, -0.05) is 34.6 Å². The summed E-state index contributed by atoms with van der Waals surface area (Å²) in [4.78, 5) is 9.17. The van der Waals surface area contributed by atoms with E-state index in [1.807, 2.05) is 6.92 Å². The van der Waals surface area contributed by atoms with Gasteiger partial charge in [0.25, 0.3) is 0 Å². The van der Waals surface area contributed by atoms with Crippen LogP contribution in [-0.4, -0.2) is 6.29 Å². The first-order chi connectivity index (χ1) is 3.33. The van der Waals surface area contributed by atoms with Gasteiger partial charge in [-0.15, -0.1) is 0 Å². The minimum Gasteiger partial charge on any atom is -0.303 e. The third kappa shape index (κ3) is 275. The third-order valence-corrected chi connectivity index (χ3v) is 0.167. The summed E-state index contributed by atoms with van der Waals surface area (Å²) in [6.07, 6.45) is 2.76. The van der Waals surface area contributed by atoms with Crippen LogP contribution in [0.15, 0.2) is 0 Å². The summed E-state index contributed by atoms with van der Waals surface area (Å²) in [5.74, 6) is 0. The van der Waals surface area contributed by atoms with Gasteiger partial charge in [-0.25, -0.2) is 0 Å². The van der Waals surface area contributed by atoms with Crippen LogP contribution >= 0.6 is 0 Å². The van der Waals surface area contributed by atoms with Gasteiger partial charge in [-0.05, 0) is 0 Å². The molecule has 0 aromatic heterocycles. The third-order valence-electron chi connectivity index (χ3n) is 0.167. The highest BCUT2D eigenvalue weighted by Gasteiger charge is 1.52. The number of rotatable bonds is 1. The maximum absolute atomic E-state index is 9.17. The molecule has 1 heteroatoms. The largest absolute Gasteiger partial charge is 0.303 e. The van der Waals surface area contributed by atoms with E-state index in [1.165, 1.54) is 6.42 Å². The van der Waals surface area contributed by atoms with E-state index in [2.05, 4.69) is 13.8 Å². The van der Waals surface area contributed by atoms with Crippen LogP contribution in [-0.2, 0) is 4.79 Å². The van der Waals surface area contributed by atoms with E-state index in [4.69, 9.17) is 0 Å². The second-order valence-corrected chi connectivity index (χ2v) is 1.28. The quantitative estimate of drug-likeness (QED) is 0.484. The average Bonchev–Trinajstić information content (AvgIpc) is 1.69. The van der Waals surface area contributed by atoms with Gasteiger partial charge in [0.15, 0.2) is 0 Å². The van der Waals surface area contributed by atoms with Gasteiger partial charge in [0, 0.05) is 6.42 Å². The summed E-state index contributed by atoms with van der Waals surface area (Å²) in [5.41, 5.74) is 0. The molecule has 0 amide bonds. The Hall–Kier alpha value is -0.330. The molecule has 0 aliphatic rings. The molecular formula is C7H18O. The summed E-state index contributed by atoms with van der Waals surface area (Å²) in [5, 5.41) is 0. The summed E-state index contributed by atoms with van der Waals surface area (Å²) in [7, 11) is 0. The van der Waals surface area contributed by atoms with Crippen LogP contribution in [0.1, 0.15) is 41.0 Å². The van der Waals surface area contributed by atoms with E-state index in [0.717, 1.165) is 6.29 Å². The van der Waals surface area contributed by atoms with Crippen molar-refractivity contribution in [1.82, 2.24) is 0 Å². The Labute approximate surface area is 53.1 Å². The van der Waals surface area contributed by atoms with Crippen LogP contribution in [0.4, 0.5) is 0 Å². The van der Waals surface area contributed by atoms with Gasteiger partial charge < -0.3 is 4.79 Å². The summed E-state index contributed by atoms with van der Waals surface area (Å²) >= 11 is 0. The van der Waals surface area contributed by atoms with Crippen molar-refractivity contribution in [3.05, 3.63) is 0 Å². The molecule has 52 valence electrons. The zero-order valence-corrected chi connectivity index (χ0v) is 5.40. The molecule has 0 saturated heterocycles. The van der Waals surface area contributed by atoms with E-state index in [-0.39, 0.29) is 7.43 Å². The SMILES string of the molecule is C.CCC.CCC=O. The van der Waals surface area contributed by atoms with Crippen LogP contribution in [0.2, 0.25) is 0 Å². The molecule has 1 nitrogen and oxygen atoms in total. The lowest BCUT2D eigenvalue weighted by molar-refractivity contribution is -0.107. The monoisotopic (exact) mass is 118 g/mol. The Morgan fingerprint density at radius 3 is 1.38 bits per heavy atom. The molecule has 0 atom stereocenters. The topological polar surface area (TPSA) is 17.1 Å². The van der Waals surface area contributed by atoms with Crippen LogP contribution < -0.4 is 0 Å². The predicted octanol–water partition coefficient (Wildman–Crippen LogP) is 2.65. The van der Waals surface area contributed by atoms with Gasteiger partial charge in [0.05, 0.1) is 0 Å². The molecule has 0 spiro atoms. The van der Waals surface area contributed by atoms with E-state index >= 15 is 0 Å². The van der Waals surface area contributed by atoms with Crippen molar-refractivity contribution in [2.45, 2.75) is 41.0 Å². The van der Waals surface area contributed by atoms with Gasteiger partial charge >= 0.3 is 0 Å². The van der Waals surface area contributed by atoms with Crippen LogP contribution in [0, 0.1) is 0 Å². The number of carbonyl (C=O) groups is 1. The molecule has 0 heterocycles. The van der Waals surface area contributed by atoms with Crippen molar-refractivity contribution in [3.63, 3.8) is 0 Å². The Morgan fingerprint density at radius 2 is 1.38 bits per heavy atom. The molecule has 0 aliphatic heterocycles. The standard InChI is InChI=1S/C3H6O.C3H8.CH4/c1-2-3-4;1-3-2;/h3H,2H2,1H3;3H2,1-2H3;1H4. The Morgan fingerprint density at radius 1 is 1.25 bits per heavy atom. The van der Waals surface area contributed by atoms with Gasteiger partial charge in [-0.3, -0.25) is 0 Å². The zero-order valence-electron chi connectivity index (χ0n) is 5.40. The number of carbonyl (C=O) groups excluding carboxylic acids is 1. The fraction of sp³-hybridized carbons (Fsp3) is 0.857. The molecule has 0 aliphatic carbocycles. The molecule has 0 saturated carbocycles. The van der Waals surface area contributed by atoms with Gasteiger partial charge in [-0.2, -0.15) is 0 Å². The van der Waals surface area contributed by atoms with Crippen LogP contribution in [0.3, 0.4) is 0 Å². The van der Waals surface area contributed by atoms with Gasteiger partial charge in [0.2, 0.25) is 0 Å². The molecule has 0 bridgehead atoms. The first-order valence-electron chi connectivity index (χ1n) is 2.77. The molecule has 0 aromatic carbocycles. The summed E-state index contributed by atoms with van der Waals surface area (Å²) in [6.45, 7) is 6.06. The summed E-state index contributed by atoms with van der Waals surface area (Å²) < 4.78 is 0. The zero-order chi connectivity index (χ0) is 6.12. The number of aldehydes is 1. The lowest BCUT2D eigenvalue weighted by Gasteiger charge is -1.51. The lowest BCUT2D eigenvalue weighted by Crippen LogP contribution is -1.55. The number of hydrogen-bond donors (Lipinski definition) is 0. The van der Waals surface area contributed by atoms with Crippen molar-refractivity contribution < 1.29 is 4.79 Å². The molecule has 0 aromatic rings. The smallest absolute Gasteiger partial charge is 0.119 e. The Bertz CT molecular complexity index is 25.6. The van der Waals surface area contributed by atoms with Crippen LogP contribution in [0.5, 0.6) is 0 Å². The highest BCUT2D eigenvalue weighted by molar-refractivity contribution is 5.48. The molecule has 8 heavy (non-hydrogen) atoms. The summed E-state index contributed by atoms with van der Waals surface area (Å²) in [6, 6.07) is 0. The van der Waals surface area contributed by atoms with Crippen molar-refractivity contribution >= 4 is 6.29 Å². The minimum absolute atomic E-state index is 0. The number of hydrogen-bond acceptors (Lipinski definition) is 1. The Balaban J connectivity index is -0.0000000575. The van der Waals surface area contributed by atoms with Crippen molar-refractivity contribution in [1.29, 1.82) is 0 Å². The second kappa shape index (κ2) is 30.1. The molecular weight excluding hydrogens is 100 g/mol.